The van der Waals surface area contributed by atoms with E-state index in [-0.39, 0.29) is 11.5 Å². The van der Waals surface area contributed by atoms with E-state index in [1.807, 2.05) is 0 Å². The highest BCUT2D eigenvalue weighted by Gasteiger charge is 1.84. The van der Waals surface area contributed by atoms with Crippen LogP contribution in [0, 0.1) is 5.41 Å². The van der Waals surface area contributed by atoms with Crippen LogP contribution < -0.4 is 0 Å². The number of rotatable bonds is 2. The fourth-order valence-corrected chi connectivity index (χ4v) is 0.414. The smallest absolute Gasteiger partial charge is 0.124 e. The summed E-state index contributed by atoms with van der Waals surface area (Å²) in [6, 6.07) is 0. The van der Waals surface area contributed by atoms with E-state index in [1.165, 1.54) is 19.1 Å². The molecule has 50 valence electrons. The van der Waals surface area contributed by atoms with Gasteiger partial charge >= 0.3 is 0 Å². The Morgan fingerprint density at radius 1 is 1.56 bits per heavy atom. The zero-order valence-corrected chi connectivity index (χ0v) is 5.61. The van der Waals surface area contributed by atoms with Gasteiger partial charge in [-0.25, -0.2) is 4.39 Å². The van der Waals surface area contributed by atoms with Gasteiger partial charge in [0.05, 0.1) is 0 Å². The molecule has 0 aromatic heterocycles. The Morgan fingerprint density at radius 2 is 2.11 bits per heavy atom. The van der Waals surface area contributed by atoms with Gasteiger partial charge in [0.2, 0.25) is 0 Å². The summed E-state index contributed by atoms with van der Waals surface area (Å²) >= 11 is 0. The van der Waals surface area contributed by atoms with Gasteiger partial charge in [0.1, 0.15) is 5.83 Å². The summed E-state index contributed by atoms with van der Waals surface area (Å²) in [5, 5.41) is 6.85. The second-order valence-electron chi connectivity index (χ2n) is 1.71. The van der Waals surface area contributed by atoms with Crippen molar-refractivity contribution >= 4 is 5.71 Å². The predicted octanol–water partition coefficient (Wildman–Crippen LogP) is 2.46. The number of nitrogens with one attached hydrogen (secondary N) is 1. The van der Waals surface area contributed by atoms with Gasteiger partial charge in [-0.2, -0.15) is 0 Å². The monoisotopic (exact) mass is 127 g/mol. The molecule has 0 aromatic rings. The van der Waals surface area contributed by atoms with Crippen molar-refractivity contribution in [1.82, 2.24) is 0 Å². The van der Waals surface area contributed by atoms with E-state index in [9.17, 15) is 4.39 Å². The largest absolute Gasteiger partial charge is 0.306 e. The van der Waals surface area contributed by atoms with Gasteiger partial charge < -0.3 is 5.41 Å². The third-order valence-electron chi connectivity index (χ3n) is 0.680. The Morgan fingerprint density at radius 3 is 2.44 bits per heavy atom. The van der Waals surface area contributed by atoms with Crippen LogP contribution in [0.15, 0.2) is 24.1 Å². The third kappa shape index (κ3) is 4.94. The Kier molecular flexibility index (Phi) is 3.60. The molecule has 0 aliphatic rings. The first-order valence-corrected chi connectivity index (χ1v) is 2.72. The summed E-state index contributed by atoms with van der Waals surface area (Å²) in [7, 11) is 0. The number of halogens is 1. The Balaban J connectivity index is 4.00. The molecular weight excluding hydrogens is 117 g/mol. The van der Waals surface area contributed by atoms with Crippen molar-refractivity contribution < 1.29 is 4.39 Å². The highest BCUT2D eigenvalue weighted by atomic mass is 19.1. The molecule has 0 aliphatic carbocycles. The van der Waals surface area contributed by atoms with Gasteiger partial charge in [-0.05, 0) is 26.0 Å². The summed E-state index contributed by atoms with van der Waals surface area (Å²) in [6.07, 6.45) is 4.08. The van der Waals surface area contributed by atoms with Crippen LogP contribution in [0.4, 0.5) is 4.39 Å². The standard InChI is InChI=1S/C7H10FN/c1-3-4-7(8)5-6(2)9/h3-5,9H,1-2H3/b4-3-,7-5+,9-6?. The fraction of sp³-hybridized carbons (Fsp3) is 0.286. The van der Waals surface area contributed by atoms with Gasteiger partial charge in [0.15, 0.2) is 0 Å². The lowest BCUT2D eigenvalue weighted by Crippen LogP contribution is -1.79. The van der Waals surface area contributed by atoms with E-state index in [4.69, 9.17) is 5.41 Å². The minimum absolute atomic E-state index is 0.227. The van der Waals surface area contributed by atoms with Crippen molar-refractivity contribution in [2.24, 2.45) is 0 Å². The molecule has 0 saturated carbocycles. The van der Waals surface area contributed by atoms with Crippen LogP contribution in [-0.2, 0) is 0 Å². The van der Waals surface area contributed by atoms with Crippen LogP contribution in [-0.4, -0.2) is 5.71 Å². The lowest BCUT2D eigenvalue weighted by Gasteiger charge is -1.83. The summed E-state index contributed by atoms with van der Waals surface area (Å²) in [4.78, 5) is 0. The van der Waals surface area contributed by atoms with Crippen molar-refractivity contribution in [2.75, 3.05) is 0 Å². The molecule has 0 bridgehead atoms. The molecule has 0 heterocycles. The molecular formula is C7H10FN. The summed E-state index contributed by atoms with van der Waals surface area (Å²) < 4.78 is 12.3. The molecule has 1 nitrogen and oxygen atoms in total. The van der Waals surface area contributed by atoms with E-state index in [0.29, 0.717) is 0 Å². The summed E-state index contributed by atoms with van der Waals surface area (Å²) in [5.74, 6) is -0.370. The van der Waals surface area contributed by atoms with E-state index >= 15 is 0 Å². The van der Waals surface area contributed by atoms with Gasteiger partial charge in [-0.1, -0.05) is 6.08 Å². The highest BCUT2D eigenvalue weighted by Crippen LogP contribution is 1.97. The lowest BCUT2D eigenvalue weighted by molar-refractivity contribution is 0.668. The fourth-order valence-electron chi connectivity index (χ4n) is 0.414. The molecule has 0 aromatic carbocycles. The molecule has 0 unspecified atom stereocenters. The first-order chi connectivity index (χ1) is 4.16. The maximum Gasteiger partial charge on any atom is 0.124 e. The SMILES string of the molecule is C/C=C\C(F)=C/C(C)=N. The lowest BCUT2D eigenvalue weighted by atomic mass is 10.3. The normalized spacial score (nSPS) is 12.6. The Labute approximate surface area is 54.4 Å². The molecule has 0 aliphatic heterocycles. The van der Waals surface area contributed by atoms with Crippen LogP contribution in [0.5, 0.6) is 0 Å². The quantitative estimate of drug-likeness (QED) is 0.435. The highest BCUT2D eigenvalue weighted by molar-refractivity contribution is 5.90. The maximum atomic E-state index is 12.3. The second-order valence-corrected chi connectivity index (χ2v) is 1.71. The Hall–Kier alpha value is -0.920. The minimum Gasteiger partial charge on any atom is -0.306 e. The molecule has 1 N–H and O–H groups in total. The van der Waals surface area contributed by atoms with Crippen molar-refractivity contribution in [3.05, 3.63) is 24.1 Å². The van der Waals surface area contributed by atoms with Crippen LogP contribution >= 0.6 is 0 Å². The number of allylic oxidation sites excluding steroid dienone is 4. The van der Waals surface area contributed by atoms with Crippen molar-refractivity contribution in [3.63, 3.8) is 0 Å². The van der Waals surface area contributed by atoms with Crippen molar-refractivity contribution in [1.29, 1.82) is 5.41 Å². The van der Waals surface area contributed by atoms with Crippen LogP contribution in [0.1, 0.15) is 13.8 Å². The third-order valence-corrected chi connectivity index (χ3v) is 0.680. The second kappa shape index (κ2) is 4.01. The number of hydrogen-bond donors (Lipinski definition) is 1. The molecule has 0 saturated heterocycles. The van der Waals surface area contributed by atoms with E-state index in [0.717, 1.165) is 0 Å². The molecule has 0 radical (unpaired) electrons. The topological polar surface area (TPSA) is 23.9 Å². The summed E-state index contributed by atoms with van der Waals surface area (Å²) in [6.45, 7) is 3.26. The molecule has 0 rings (SSSR count). The van der Waals surface area contributed by atoms with Crippen LogP contribution in [0.25, 0.3) is 0 Å². The molecule has 9 heavy (non-hydrogen) atoms. The molecule has 0 amide bonds. The molecule has 0 atom stereocenters. The van der Waals surface area contributed by atoms with E-state index < -0.39 is 0 Å². The maximum absolute atomic E-state index is 12.3. The van der Waals surface area contributed by atoms with Crippen LogP contribution in [0.2, 0.25) is 0 Å². The van der Waals surface area contributed by atoms with E-state index in [2.05, 4.69) is 0 Å². The first kappa shape index (κ1) is 8.08. The van der Waals surface area contributed by atoms with Gasteiger partial charge in [-0.15, -0.1) is 0 Å². The average Bonchev–Trinajstić information content (AvgIpc) is 1.63. The van der Waals surface area contributed by atoms with Gasteiger partial charge in [-0.3, -0.25) is 0 Å². The molecule has 0 spiro atoms. The zero-order valence-electron chi connectivity index (χ0n) is 5.61. The van der Waals surface area contributed by atoms with Gasteiger partial charge in [0.25, 0.3) is 0 Å². The predicted molar refractivity (Wildman–Crippen MR) is 37.4 cm³/mol. The first-order valence-electron chi connectivity index (χ1n) is 2.72. The zero-order chi connectivity index (χ0) is 7.28. The van der Waals surface area contributed by atoms with Crippen LogP contribution in [0.3, 0.4) is 0 Å². The Bertz CT molecular complexity index is 156. The number of hydrogen-bond acceptors (Lipinski definition) is 1. The van der Waals surface area contributed by atoms with Crippen molar-refractivity contribution in [2.45, 2.75) is 13.8 Å². The van der Waals surface area contributed by atoms with E-state index in [1.54, 1.807) is 13.0 Å². The summed E-state index contributed by atoms with van der Waals surface area (Å²) in [5.41, 5.74) is 0.227. The average molecular weight is 127 g/mol. The molecule has 2 heteroatoms. The van der Waals surface area contributed by atoms with Gasteiger partial charge in [0, 0.05) is 5.71 Å². The molecule has 0 fully saturated rings. The minimum atomic E-state index is -0.370. The van der Waals surface area contributed by atoms with Crippen molar-refractivity contribution in [3.8, 4) is 0 Å².